The number of halogens is 2. The molecule has 2 fully saturated rings. The number of nitrogens with zero attached hydrogens (tertiary/aromatic N) is 2. The summed E-state index contributed by atoms with van der Waals surface area (Å²) >= 11 is 13.7. The van der Waals surface area contributed by atoms with Crippen LogP contribution in [-0.4, -0.2) is 42.9 Å². The van der Waals surface area contributed by atoms with Crippen LogP contribution in [0.4, 0.5) is 5.00 Å². The van der Waals surface area contributed by atoms with E-state index < -0.39 is 5.79 Å². The number of rotatable bonds is 4. The molecule has 0 aliphatic carbocycles. The van der Waals surface area contributed by atoms with Crippen LogP contribution in [-0.2, 0) is 9.47 Å². The second-order valence-electron chi connectivity index (χ2n) is 7.62. The molecular weight excluding hydrogens is 455 g/mol. The quantitative estimate of drug-likeness (QED) is 0.454. The van der Waals surface area contributed by atoms with E-state index in [4.69, 9.17) is 32.7 Å². The van der Waals surface area contributed by atoms with Crippen molar-refractivity contribution in [3.8, 4) is 11.1 Å². The fourth-order valence-electron chi connectivity index (χ4n) is 4.08. The van der Waals surface area contributed by atoms with Gasteiger partial charge < -0.3 is 14.4 Å². The van der Waals surface area contributed by atoms with Gasteiger partial charge in [-0.3, -0.25) is 9.78 Å². The molecule has 5 nitrogen and oxygen atoms in total. The maximum atomic E-state index is 13.2. The molecule has 3 aromatic rings. The van der Waals surface area contributed by atoms with E-state index in [1.54, 1.807) is 30.6 Å². The minimum Gasteiger partial charge on any atom is -0.363 e. The number of aromatic nitrogens is 1. The molecule has 2 aliphatic rings. The number of carbonyl (C=O) groups is 1. The van der Waals surface area contributed by atoms with Crippen LogP contribution in [0.15, 0.2) is 48.8 Å². The molecule has 5 rings (SSSR count). The lowest BCUT2D eigenvalue weighted by Crippen LogP contribution is -2.45. The molecule has 1 spiro atoms. The summed E-state index contributed by atoms with van der Waals surface area (Å²) in [6.45, 7) is 2.92. The lowest BCUT2D eigenvalue weighted by molar-refractivity contribution is -0.169. The molecule has 0 unspecified atom stereocenters. The van der Waals surface area contributed by atoms with Crippen molar-refractivity contribution in [1.82, 2.24) is 4.98 Å². The van der Waals surface area contributed by atoms with Crippen molar-refractivity contribution >= 4 is 45.3 Å². The minimum absolute atomic E-state index is 0.0685. The van der Waals surface area contributed by atoms with Gasteiger partial charge in [-0.25, -0.2) is 0 Å². The van der Waals surface area contributed by atoms with Gasteiger partial charge in [0.2, 0.25) is 5.78 Å². The Balaban J connectivity index is 1.49. The molecule has 160 valence electrons. The molecule has 0 amide bonds. The van der Waals surface area contributed by atoms with Crippen molar-refractivity contribution in [2.45, 2.75) is 18.6 Å². The molecule has 0 atom stereocenters. The van der Waals surface area contributed by atoms with Crippen LogP contribution in [0.3, 0.4) is 0 Å². The number of hydrogen-bond donors (Lipinski definition) is 0. The predicted octanol–water partition coefficient (Wildman–Crippen LogP) is 5.69. The zero-order valence-electron chi connectivity index (χ0n) is 16.6. The molecule has 2 aliphatic heterocycles. The lowest BCUT2D eigenvalue weighted by Gasteiger charge is -2.38. The number of ketones is 1. The van der Waals surface area contributed by atoms with E-state index >= 15 is 0 Å². The highest BCUT2D eigenvalue weighted by Crippen LogP contribution is 2.43. The van der Waals surface area contributed by atoms with Crippen molar-refractivity contribution in [2.75, 3.05) is 31.2 Å². The Kier molecular flexibility index (Phi) is 5.75. The van der Waals surface area contributed by atoms with Gasteiger partial charge in [-0.15, -0.1) is 11.3 Å². The number of thiophene rings is 1. The Bertz CT molecular complexity index is 1100. The third-order valence-electron chi connectivity index (χ3n) is 5.74. The second-order valence-corrected chi connectivity index (χ2v) is 9.46. The number of carbonyl (C=O) groups excluding carboxylic acids is 1. The van der Waals surface area contributed by atoms with Crippen molar-refractivity contribution in [2.24, 2.45) is 0 Å². The normalized spacial score (nSPS) is 17.9. The van der Waals surface area contributed by atoms with Gasteiger partial charge in [-0.1, -0.05) is 23.2 Å². The van der Waals surface area contributed by atoms with Crippen LogP contribution < -0.4 is 4.90 Å². The summed E-state index contributed by atoms with van der Waals surface area (Å²) in [7, 11) is 0. The van der Waals surface area contributed by atoms with Gasteiger partial charge in [0.15, 0.2) is 5.79 Å². The van der Waals surface area contributed by atoms with Crippen LogP contribution in [0.5, 0.6) is 0 Å². The Labute approximate surface area is 194 Å². The van der Waals surface area contributed by atoms with Gasteiger partial charge >= 0.3 is 0 Å². The molecule has 0 N–H and O–H groups in total. The first kappa shape index (κ1) is 20.9. The summed E-state index contributed by atoms with van der Waals surface area (Å²) in [5, 5.41) is 1.88. The van der Waals surface area contributed by atoms with E-state index in [0.717, 1.165) is 42.1 Å². The fourth-order valence-corrected chi connectivity index (χ4v) is 5.57. The van der Waals surface area contributed by atoms with Gasteiger partial charge in [0.05, 0.1) is 33.1 Å². The number of piperidine rings is 1. The monoisotopic (exact) mass is 474 g/mol. The molecule has 31 heavy (non-hydrogen) atoms. The average molecular weight is 475 g/mol. The zero-order chi connectivity index (χ0) is 21.4. The van der Waals surface area contributed by atoms with Crippen LogP contribution in [0.2, 0.25) is 10.0 Å². The number of pyridine rings is 1. The zero-order valence-corrected chi connectivity index (χ0v) is 19.0. The summed E-state index contributed by atoms with van der Waals surface area (Å²) in [4.78, 5) is 20.3. The summed E-state index contributed by atoms with van der Waals surface area (Å²) in [6, 6.07) is 10.9. The van der Waals surface area contributed by atoms with Crippen LogP contribution in [0, 0.1) is 0 Å². The summed E-state index contributed by atoms with van der Waals surface area (Å²) in [5.41, 5.74) is 2.58. The Hall–Kier alpha value is -1.96. The Morgan fingerprint density at radius 3 is 2.39 bits per heavy atom. The number of hydrogen-bond acceptors (Lipinski definition) is 6. The smallest absolute Gasteiger partial charge is 0.203 e. The SMILES string of the molecule is O=C(c1ccc(Cl)c(Cl)c1)c1cc(-c2ccncc2)c(N2CCC3(CC2)OCCO3)s1. The predicted molar refractivity (Wildman–Crippen MR) is 124 cm³/mol. The molecule has 8 heteroatoms. The Morgan fingerprint density at radius 1 is 1.00 bits per heavy atom. The number of anilines is 1. The molecule has 0 bridgehead atoms. The second kappa shape index (κ2) is 8.52. The highest BCUT2D eigenvalue weighted by Gasteiger charge is 2.40. The third kappa shape index (κ3) is 4.11. The summed E-state index contributed by atoms with van der Waals surface area (Å²) in [6.07, 6.45) is 5.14. The fraction of sp³-hybridized carbons (Fsp3) is 0.304. The van der Waals surface area contributed by atoms with Crippen molar-refractivity contribution in [3.63, 3.8) is 0 Å². The largest absolute Gasteiger partial charge is 0.363 e. The molecule has 0 saturated carbocycles. The molecule has 2 aromatic heterocycles. The standard InChI is InChI=1S/C23H20Cl2N2O3S/c24-18-2-1-16(13-19(18)25)21(28)20-14-17(15-3-7-26-8-4-15)22(31-20)27-9-5-23(6-10-27)29-11-12-30-23/h1-4,7-8,13-14H,5-6,9-12H2. The molecule has 0 radical (unpaired) electrons. The average Bonchev–Trinajstić information content (AvgIpc) is 3.44. The summed E-state index contributed by atoms with van der Waals surface area (Å²) in [5.74, 6) is -0.510. The van der Waals surface area contributed by atoms with E-state index in [0.29, 0.717) is 33.7 Å². The minimum atomic E-state index is -0.441. The van der Waals surface area contributed by atoms with Gasteiger partial charge in [0.25, 0.3) is 0 Å². The van der Waals surface area contributed by atoms with Crippen molar-refractivity contribution < 1.29 is 14.3 Å². The van der Waals surface area contributed by atoms with Gasteiger partial charge in [-0.2, -0.15) is 0 Å². The molecular formula is C23H20Cl2N2O3S. The van der Waals surface area contributed by atoms with Crippen molar-refractivity contribution in [3.05, 3.63) is 69.3 Å². The maximum Gasteiger partial charge on any atom is 0.203 e. The van der Waals surface area contributed by atoms with E-state index in [1.165, 1.54) is 11.3 Å². The van der Waals surface area contributed by atoms with E-state index in [9.17, 15) is 4.79 Å². The van der Waals surface area contributed by atoms with E-state index in [-0.39, 0.29) is 5.78 Å². The highest BCUT2D eigenvalue weighted by atomic mass is 35.5. The molecule has 2 saturated heterocycles. The van der Waals surface area contributed by atoms with E-state index in [1.807, 2.05) is 18.2 Å². The molecule has 1 aromatic carbocycles. The van der Waals surface area contributed by atoms with Crippen LogP contribution in [0.25, 0.3) is 11.1 Å². The molecule has 4 heterocycles. The van der Waals surface area contributed by atoms with Crippen molar-refractivity contribution in [1.29, 1.82) is 0 Å². The van der Waals surface area contributed by atoms with Crippen LogP contribution >= 0.6 is 34.5 Å². The van der Waals surface area contributed by atoms with Gasteiger partial charge in [-0.05, 0) is 42.0 Å². The third-order valence-corrected chi connectivity index (χ3v) is 7.67. The topological polar surface area (TPSA) is 51.7 Å². The Morgan fingerprint density at radius 2 is 1.71 bits per heavy atom. The first-order valence-corrected chi connectivity index (χ1v) is 11.7. The number of ether oxygens (including phenoxy) is 2. The maximum absolute atomic E-state index is 13.2. The first-order chi connectivity index (χ1) is 15.0. The van der Waals surface area contributed by atoms with Crippen LogP contribution in [0.1, 0.15) is 28.1 Å². The highest BCUT2D eigenvalue weighted by molar-refractivity contribution is 7.18. The van der Waals surface area contributed by atoms with E-state index in [2.05, 4.69) is 9.88 Å². The van der Waals surface area contributed by atoms with Gasteiger partial charge in [0, 0.05) is 49.5 Å². The first-order valence-electron chi connectivity index (χ1n) is 10.1. The lowest BCUT2D eigenvalue weighted by atomic mass is 10.0. The van der Waals surface area contributed by atoms with Gasteiger partial charge in [0.1, 0.15) is 0 Å². The summed E-state index contributed by atoms with van der Waals surface area (Å²) < 4.78 is 11.7. The number of benzene rings is 1.